The van der Waals surface area contributed by atoms with Crippen molar-refractivity contribution < 1.29 is 0 Å². The van der Waals surface area contributed by atoms with E-state index >= 15 is 0 Å². The van der Waals surface area contributed by atoms with Crippen LogP contribution >= 0.6 is 11.3 Å². The van der Waals surface area contributed by atoms with E-state index in [0.717, 1.165) is 30.3 Å². The van der Waals surface area contributed by atoms with E-state index in [1.54, 1.807) is 15.9 Å². The molecular weight excluding hydrogens is 246 g/mol. The number of rotatable bonds is 4. The summed E-state index contributed by atoms with van der Waals surface area (Å²) in [7, 11) is 0. The third-order valence-corrected chi connectivity index (χ3v) is 3.61. The maximum absolute atomic E-state index is 4.44. The lowest BCUT2D eigenvalue weighted by Crippen LogP contribution is -2.07. The van der Waals surface area contributed by atoms with E-state index in [1.807, 2.05) is 19.1 Å². The summed E-state index contributed by atoms with van der Waals surface area (Å²) >= 11 is 1.78. The third kappa shape index (κ3) is 2.19. The van der Waals surface area contributed by atoms with Gasteiger partial charge >= 0.3 is 0 Å². The van der Waals surface area contributed by atoms with E-state index in [4.69, 9.17) is 0 Å². The Morgan fingerprint density at radius 2 is 2.22 bits per heavy atom. The second kappa shape index (κ2) is 4.73. The molecule has 3 aromatic heterocycles. The summed E-state index contributed by atoms with van der Waals surface area (Å²) in [5.41, 5.74) is 0.774. The summed E-state index contributed by atoms with van der Waals surface area (Å²) in [6, 6.07) is 8.07. The molecule has 0 bridgehead atoms. The van der Waals surface area contributed by atoms with Gasteiger partial charge < -0.3 is 5.32 Å². The van der Waals surface area contributed by atoms with Crippen LogP contribution in [0.4, 0.5) is 5.82 Å². The standard InChI is InChI=1S/C12H13N5S/c1-9-14-15-12-5-4-11(16-17(9)12)13-7-6-10-3-2-8-18-10/h2-5,8H,6-7H2,1H3,(H,13,16). The smallest absolute Gasteiger partial charge is 0.178 e. The second-order valence-electron chi connectivity index (χ2n) is 3.99. The van der Waals surface area contributed by atoms with Crippen LogP contribution in [-0.4, -0.2) is 26.4 Å². The lowest BCUT2D eigenvalue weighted by Gasteiger charge is -2.04. The predicted molar refractivity (Wildman–Crippen MR) is 72.0 cm³/mol. The van der Waals surface area contributed by atoms with Gasteiger partial charge in [-0.1, -0.05) is 6.07 Å². The number of fused-ring (bicyclic) bond motifs is 1. The third-order valence-electron chi connectivity index (χ3n) is 2.68. The van der Waals surface area contributed by atoms with Gasteiger partial charge in [0.05, 0.1) is 0 Å². The molecule has 0 saturated carbocycles. The molecule has 0 aliphatic rings. The van der Waals surface area contributed by atoms with Crippen LogP contribution in [0.3, 0.4) is 0 Å². The van der Waals surface area contributed by atoms with Gasteiger partial charge in [0.25, 0.3) is 0 Å². The van der Waals surface area contributed by atoms with Crippen molar-refractivity contribution in [2.45, 2.75) is 13.3 Å². The Kier molecular flexibility index (Phi) is 2.93. The minimum absolute atomic E-state index is 0.774. The Balaban J connectivity index is 1.69. The summed E-state index contributed by atoms with van der Waals surface area (Å²) in [6.45, 7) is 2.77. The fourth-order valence-electron chi connectivity index (χ4n) is 1.76. The van der Waals surface area contributed by atoms with E-state index in [1.165, 1.54) is 4.88 Å². The van der Waals surface area contributed by atoms with Gasteiger partial charge in [-0.3, -0.25) is 0 Å². The highest BCUT2D eigenvalue weighted by Crippen LogP contribution is 2.10. The highest BCUT2D eigenvalue weighted by molar-refractivity contribution is 7.09. The van der Waals surface area contributed by atoms with E-state index in [9.17, 15) is 0 Å². The molecule has 92 valence electrons. The number of nitrogens with zero attached hydrogens (tertiary/aromatic N) is 4. The molecule has 0 aromatic carbocycles. The molecule has 0 aliphatic heterocycles. The highest BCUT2D eigenvalue weighted by atomic mass is 32.1. The van der Waals surface area contributed by atoms with Gasteiger partial charge in [-0.2, -0.15) is 4.52 Å². The molecule has 0 atom stereocenters. The first-order valence-electron chi connectivity index (χ1n) is 5.78. The van der Waals surface area contributed by atoms with Crippen LogP contribution in [0.1, 0.15) is 10.7 Å². The number of hydrogen-bond acceptors (Lipinski definition) is 5. The number of aryl methyl sites for hydroxylation is 1. The van der Waals surface area contributed by atoms with Crippen LogP contribution in [0.5, 0.6) is 0 Å². The number of hydrogen-bond donors (Lipinski definition) is 1. The first kappa shape index (κ1) is 11.2. The van der Waals surface area contributed by atoms with Gasteiger partial charge in [-0.05, 0) is 36.9 Å². The van der Waals surface area contributed by atoms with Crippen molar-refractivity contribution >= 4 is 22.8 Å². The predicted octanol–water partition coefficient (Wildman–Crippen LogP) is 2.15. The molecule has 0 aliphatic carbocycles. The molecule has 0 amide bonds. The normalized spacial score (nSPS) is 10.9. The van der Waals surface area contributed by atoms with Crippen LogP contribution in [0.25, 0.3) is 5.65 Å². The quantitative estimate of drug-likeness (QED) is 0.780. The number of thiophene rings is 1. The fourth-order valence-corrected chi connectivity index (χ4v) is 2.47. The molecule has 0 saturated heterocycles. The van der Waals surface area contributed by atoms with Crippen molar-refractivity contribution in [3.8, 4) is 0 Å². The van der Waals surface area contributed by atoms with E-state index in [0.29, 0.717) is 0 Å². The van der Waals surface area contributed by atoms with E-state index in [-0.39, 0.29) is 0 Å². The van der Waals surface area contributed by atoms with Crippen LogP contribution < -0.4 is 5.32 Å². The minimum Gasteiger partial charge on any atom is -0.368 e. The van der Waals surface area contributed by atoms with Crippen LogP contribution in [-0.2, 0) is 6.42 Å². The average molecular weight is 259 g/mol. The lowest BCUT2D eigenvalue weighted by atomic mass is 10.3. The van der Waals surface area contributed by atoms with Crippen molar-refractivity contribution in [3.05, 3.63) is 40.3 Å². The molecule has 0 fully saturated rings. The summed E-state index contributed by atoms with van der Waals surface area (Å²) in [5.74, 6) is 1.65. The number of nitrogens with one attached hydrogen (secondary N) is 1. The number of aromatic nitrogens is 4. The number of anilines is 1. The molecule has 3 aromatic rings. The first-order valence-corrected chi connectivity index (χ1v) is 6.66. The molecule has 3 heterocycles. The van der Waals surface area contributed by atoms with Crippen molar-refractivity contribution in [2.75, 3.05) is 11.9 Å². The highest BCUT2D eigenvalue weighted by Gasteiger charge is 2.03. The first-order chi connectivity index (χ1) is 8.83. The zero-order chi connectivity index (χ0) is 12.4. The molecule has 5 nitrogen and oxygen atoms in total. The molecule has 0 spiro atoms. The van der Waals surface area contributed by atoms with Crippen molar-refractivity contribution in [3.63, 3.8) is 0 Å². The van der Waals surface area contributed by atoms with Gasteiger partial charge in [-0.25, -0.2) is 0 Å². The van der Waals surface area contributed by atoms with E-state index < -0.39 is 0 Å². The Hall–Kier alpha value is -1.95. The molecule has 0 radical (unpaired) electrons. The molecule has 3 rings (SSSR count). The maximum Gasteiger partial charge on any atom is 0.178 e. The topological polar surface area (TPSA) is 55.1 Å². The maximum atomic E-state index is 4.44. The average Bonchev–Trinajstić information content (AvgIpc) is 3.01. The van der Waals surface area contributed by atoms with Crippen LogP contribution in [0.15, 0.2) is 29.6 Å². The molecule has 6 heteroatoms. The molecular formula is C12H13N5S. The van der Waals surface area contributed by atoms with Gasteiger partial charge in [0.2, 0.25) is 0 Å². The SMILES string of the molecule is Cc1nnc2ccc(NCCc3cccs3)nn12. The summed E-state index contributed by atoms with van der Waals surface area (Å²) in [6.07, 6.45) is 1.01. The van der Waals surface area contributed by atoms with Gasteiger partial charge in [0.15, 0.2) is 11.5 Å². The summed E-state index contributed by atoms with van der Waals surface area (Å²) < 4.78 is 1.74. The van der Waals surface area contributed by atoms with Gasteiger partial charge in [-0.15, -0.1) is 26.6 Å². The van der Waals surface area contributed by atoms with Crippen molar-refractivity contribution in [2.24, 2.45) is 0 Å². The summed E-state index contributed by atoms with van der Waals surface area (Å²) in [5, 5.41) is 17.8. The molecule has 18 heavy (non-hydrogen) atoms. The Bertz CT molecular complexity index is 644. The fraction of sp³-hybridized carbons (Fsp3) is 0.250. The van der Waals surface area contributed by atoms with Crippen molar-refractivity contribution in [1.29, 1.82) is 0 Å². The molecule has 0 unspecified atom stereocenters. The minimum atomic E-state index is 0.774. The largest absolute Gasteiger partial charge is 0.368 e. The van der Waals surface area contributed by atoms with Gasteiger partial charge in [0.1, 0.15) is 5.82 Å². The van der Waals surface area contributed by atoms with Crippen LogP contribution in [0.2, 0.25) is 0 Å². The molecule has 1 N–H and O–H groups in total. The Morgan fingerprint density at radius 1 is 1.28 bits per heavy atom. The lowest BCUT2D eigenvalue weighted by molar-refractivity contribution is 0.869. The van der Waals surface area contributed by atoms with Crippen LogP contribution in [0, 0.1) is 6.92 Å². The zero-order valence-corrected chi connectivity index (χ0v) is 10.8. The second-order valence-corrected chi connectivity index (χ2v) is 5.02. The van der Waals surface area contributed by atoms with E-state index in [2.05, 4.69) is 38.1 Å². The van der Waals surface area contributed by atoms with Gasteiger partial charge in [0, 0.05) is 11.4 Å². The Labute approximate surface area is 108 Å². The zero-order valence-electron chi connectivity index (χ0n) is 10.00. The summed E-state index contributed by atoms with van der Waals surface area (Å²) in [4.78, 5) is 1.38. The van der Waals surface area contributed by atoms with Crippen molar-refractivity contribution in [1.82, 2.24) is 19.8 Å². The Morgan fingerprint density at radius 3 is 3.06 bits per heavy atom. The monoisotopic (exact) mass is 259 g/mol.